The van der Waals surface area contributed by atoms with Crippen LogP contribution in [0.25, 0.3) is 0 Å². The molecule has 2 heterocycles. The Morgan fingerprint density at radius 2 is 1.59 bits per heavy atom. The average Bonchev–Trinajstić information content (AvgIpc) is 2.78. The first kappa shape index (κ1) is 22.1. The first-order valence-electron chi connectivity index (χ1n) is 11.1. The van der Waals surface area contributed by atoms with Gasteiger partial charge in [0.1, 0.15) is 11.6 Å². The van der Waals surface area contributed by atoms with Gasteiger partial charge in [0.25, 0.3) is 5.56 Å². The van der Waals surface area contributed by atoms with E-state index < -0.39 is 0 Å². The fourth-order valence-corrected chi connectivity index (χ4v) is 4.62. The number of aromatic nitrogens is 1. The van der Waals surface area contributed by atoms with E-state index in [-0.39, 0.29) is 23.2 Å². The molecule has 0 bridgehead atoms. The third kappa shape index (κ3) is 4.28. The molecule has 1 fully saturated rings. The van der Waals surface area contributed by atoms with Crippen molar-refractivity contribution < 1.29 is 9.50 Å². The topological polar surface area (TPSA) is 48.7 Å². The number of piperazine rings is 1. The van der Waals surface area contributed by atoms with Crippen LogP contribution >= 0.6 is 0 Å². The summed E-state index contributed by atoms with van der Waals surface area (Å²) in [6, 6.07) is 16.1. The SMILES string of the molecule is CCn1c(C)cc(O)c(C(c2ccc(C)cc2)N2CCN(c3ccc(F)cc3)CC2)c1=O. The van der Waals surface area contributed by atoms with Crippen LogP contribution in [0, 0.1) is 19.7 Å². The van der Waals surface area contributed by atoms with Gasteiger partial charge in [-0.3, -0.25) is 9.69 Å². The number of nitrogens with zero attached hydrogens (tertiary/aromatic N) is 3. The summed E-state index contributed by atoms with van der Waals surface area (Å²) >= 11 is 0. The molecule has 0 aliphatic carbocycles. The van der Waals surface area contributed by atoms with E-state index in [2.05, 4.69) is 9.80 Å². The zero-order valence-corrected chi connectivity index (χ0v) is 18.9. The summed E-state index contributed by atoms with van der Waals surface area (Å²) in [6.45, 7) is 9.31. The van der Waals surface area contributed by atoms with E-state index in [1.807, 2.05) is 45.0 Å². The van der Waals surface area contributed by atoms with E-state index in [0.29, 0.717) is 12.1 Å². The number of hydrogen-bond acceptors (Lipinski definition) is 4. The molecule has 1 aliphatic rings. The highest BCUT2D eigenvalue weighted by molar-refractivity contribution is 5.47. The molecule has 1 saturated heterocycles. The van der Waals surface area contributed by atoms with Crippen LogP contribution in [0.4, 0.5) is 10.1 Å². The highest BCUT2D eigenvalue weighted by Crippen LogP contribution is 2.34. The van der Waals surface area contributed by atoms with Gasteiger partial charge in [-0.2, -0.15) is 0 Å². The molecule has 0 amide bonds. The Labute approximate surface area is 188 Å². The molecule has 1 N–H and O–H groups in total. The highest BCUT2D eigenvalue weighted by Gasteiger charge is 2.31. The lowest BCUT2D eigenvalue weighted by Gasteiger charge is -2.40. The number of aryl methyl sites for hydroxylation is 2. The molecule has 168 valence electrons. The van der Waals surface area contributed by atoms with E-state index in [1.165, 1.54) is 12.1 Å². The number of halogens is 1. The Morgan fingerprint density at radius 3 is 2.19 bits per heavy atom. The summed E-state index contributed by atoms with van der Waals surface area (Å²) < 4.78 is 15.0. The third-order valence-electron chi connectivity index (χ3n) is 6.38. The molecule has 1 atom stereocenters. The zero-order chi connectivity index (χ0) is 22.8. The van der Waals surface area contributed by atoms with E-state index in [1.54, 1.807) is 22.8 Å². The van der Waals surface area contributed by atoms with Crippen LogP contribution in [0.3, 0.4) is 0 Å². The fourth-order valence-electron chi connectivity index (χ4n) is 4.62. The number of aromatic hydroxyl groups is 1. The van der Waals surface area contributed by atoms with Gasteiger partial charge in [0.05, 0.1) is 11.6 Å². The van der Waals surface area contributed by atoms with Gasteiger partial charge < -0.3 is 14.6 Å². The third-order valence-corrected chi connectivity index (χ3v) is 6.38. The molecule has 6 heteroatoms. The summed E-state index contributed by atoms with van der Waals surface area (Å²) in [5.41, 5.74) is 4.16. The van der Waals surface area contributed by atoms with Crippen LogP contribution in [0.5, 0.6) is 5.75 Å². The van der Waals surface area contributed by atoms with Crippen LogP contribution < -0.4 is 10.5 Å². The number of benzene rings is 2. The maximum atomic E-state index is 13.4. The normalized spacial score (nSPS) is 15.7. The lowest BCUT2D eigenvalue weighted by Crippen LogP contribution is -2.49. The fraction of sp³-hybridized carbons (Fsp3) is 0.346. The van der Waals surface area contributed by atoms with Crippen molar-refractivity contribution in [2.24, 2.45) is 0 Å². The summed E-state index contributed by atoms with van der Waals surface area (Å²) in [5, 5.41) is 10.9. The second kappa shape index (κ2) is 9.17. The smallest absolute Gasteiger partial charge is 0.259 e. The van der Waals surface area contributed by atoms with Crippen molar-refractivity contribution in [2.75, 3.05) is 31.1 Å². The summed E-state index contributed by atoms with van der Waals surface area (Å²) in [6.07, 6.45) is 0. The second-order valence-electron chi connectivity index (χ2n) is 8.45. The van der Waals surface area contributed by atoms with E-state index in [0.717, 1.165) is 48.7 Å². The Bertz CT molecular complexity index is 1130. The van der Waals surface area contributed by atoms with Crippen LogP contribution in [0.1, 0.15) is 35.3 Å². The number of hydrogen-bond donors (Lipinski definition) is 1. The maximum Gasteiger partial charge on any atom is 0.259 e. The lowest BCUT2D eigenvalue weighted by atomic mass is 9.95. The van der Waals surface area contributed by atoms with Crippen molar-refractivity contribution in [1.82, 2.24) is 9.47 Å². The molecular formula is C26H30FN3O2. The Kier molecular flexibility index (Phi) is 6.33. The first-order valence-corrected chi connectivity index (χ1v) is 11.1. The largest absolute Gasteiger partial charge is 0.507 e. The molecular weight excluding hydrogens is 405 g/mol. The minimum Gasteiger partial charge on any atom is -0.507 e. The highest BCUT2D eigenvalue weighted by atomic mass is 19.1. The van der Waals surface area contributed by atoms with Gasteiger partial charge in [0, 0.05) is 44.1 Å². The van der Waals surface area contributed by atoms with Crippen molar-refractivity contribution in [3.05, 3.63) is 93.2 Å². The second-order valence-corrected chi connectivity index (χ2v) is 8.45. The Hall–Kier alpha value is -3.12. The lowest BCUT2D eigenvalue weighted by molar-refractivity contribution is 0.207. The quantitative estimate of drug-likeness (QED) is 0.651. The standard InChI is InChI=1S/C26H30FN3O2/c1-4-30-19(3)17-23(31)24(26(30)32)25(20-7-5-18(2)6-8-20)29-15-13-28(14-16-29)22-11-9-21(27)10-12-22/h5-12,17,25,31H,4,13-16H2,1-3H3. The molecule has 3 aromatic rings. The van der Waals surface area contributed by atoms with Crippen LogP contribution in [0.15, 0.2) is 59.4 Å². The van der Waals surface area contributed by atoms with Crippen molar-refractivity contribution in [3.63, 3.8) is 0 Å². The van der Waals surface area contributed by atoms with Crippen molar-refractivity contribution in [3.8, 4) is 5.75 Å². The monoisotopic (exact) mass is 435 g/mol. The van der Waals surface area contributed by atoms with Gasteiger partial charge in [-0.25, -0.2) is 4.39 Å². The van der Waals surface area contributed by atoms with E-state index in [9.17, 15) is 14.3 Å². The molecule has 1 aromatic heterocycles. The van der Waals surface area contributed by atoms with E-state index in [4.69, 9.17) is 0 Å². The van der Waals surface area contributed by atoms with Crippen LogP contribution in [-0.4, -0.2) is 40.8 Å². The van der Waals surface area contributed by atoms with Crippen molar-refractivity contribution in [2.45, 2.75) is 33.4 Å². The van der Waals surface area contributed by atoms with Gasteiger partial charge in [-0.15, -0.1) is 0 Å². The van der Waals surface area contributed by atoms with Crippen molar-refractivity contribution in [1.29, 1.82) is 0 Å². The molecule has 1 aliphatic heterocycles. The molecule has 4 rings (SSSR count). The van der Waals surface area contributed by atoms with Gasteiger partial charge in [-0.05, 0) is 56.7 Å². The summed E-state index contributed by atoms with van der Waals surface area (Å²) in [4.78, 5) is 17.9. The minimum absolute atomic E-state index is 0.0451. The van der Waals surface area contributed by atoms with Crippen LogP contribution in [0.2, 0.25) is 0 Å². The average molecular weight is 436 g/mol. The molecule has 1 unspecified atom stereocenters. The zero-order valence-electron chi connectivity index (χ0n) is 18.9. The van der Waals surface area contributed by atoms with Gasteiger partial charge in [-0.1, -0.05) is 29.8 Å². The molecule has 2 aromatic carbocycles. The Balaban J connectivity index is 1.70. The summed E-state index contributed by atoms with van der Waals surface area (Å²) in [5.74, 6) is -0.197. The summed E-state index contributed by atoms with van der Waals surface area (Å²) in [7, 11) is 0. The molecule has 0 saturated carbocycles. The molecule has 32 heavy (non-hydrogen) atoms. The molecule has 0 radical (unpaired) electrons. The van der Waals surface area contributed by atoms with Gasteiger partial charge in [0.15, 0.2) is 0 Å². The molecule has 0 spiro atoms. The number of anilines is 1. The van der Waals surface area contributed by atoms with Gasteiger partial charge >= 0.3 is 0 Å². The predicted octanol–water partition coefficient (Wildman–Crippen LogP) is 4.24. The number of pyridine rings is 1. The van der Waals surface area contributed by atoms with Gasteiger partial charge in [0.2, 0.25) is 0 Å². The van der Waals surface area contributed by atoms with Crippen molar-refractivity contribution >= 4 is 5.69 Å². The first-order chi connectivity index (χ1) is 15.4. The Morgan fingerprint density at radius 1 is 0.969 bits per heavy atom. The minimum atomic E-state index is -0.336. The van der Waals surface area contributed by atoms with Crippen LogP contribution in [-0.2, 0) is 6.54 Å². The van der Waals surface area contributed by atoms with E-state index >= 15 is 0 Å². The molecule has 5 nitrogen and oxygen atoms in total. The number of rotatable bonds is 5. The maximum absolute atomic E-state index is 13.4. The predicted molar refractivity (Wildman–Crippen MR) is 126 cm³/mol.